The monoisotopic (exact) mass is 269 g/mol. The number of aliphatic carboxylic acids is 1. The normalized spacial score (nSPS) is 11.3. The predicted molar refractivity (Wildman–Crippen MR) is 67.3 cm³/mol. The summed E-state index contributed by atoms with van der Waals surface area (Å²) in [4.78, 5) is 22.0. The molecule has 0 fully saturated rings. The summed E-state index contributed by atoms with van der Waals surface area (Å²) in [5.74, 6) is -1.14. The van der Waals surface area contributed by atoms with Gasteiger partial charge in [0.25, 0.3) is 0 Å². The van der Waals surface area contributed by atoms with Crippen LogP contribution < -0.4 is 10.6 Å². The first-order valence-corrected chi connectivity index (χ1v) is 5.89. The average molecular weight is 269 g/mol. The molecule has 1 rings (SSSR count). The van der Waals surface area contributed by atoms with Crippen LogP contribution in [-0.2, 0) is 22.7 Å². The number of aromatic nitrogens is 3. The van der Waals surface area contributed by atoms with E-state index in [1.807, 2.05) is 20.8 Å². The zero-order valence-corrected chi connectivity index (χ0v) is 11.3. The zero-order chi connectivity index (χ0) is 14.5. The van der Waals surface area contributed by atoms with Crippen molar-refractivity contribution in [1.29, 1.82) is 0 Å². The molecule has 1 heterocycles. The molecule has 0 atom stereocenters. The minimum absolute atomic E-state index is 0.123. The van der Waals surface area contributed by atoms with Crippen LogP contribution in [0.5, 0.6) is 0 Å². The van der Waals surface area contributed by atoms with Crippen molar-refractivity contribution < 1.29 is 14.7 Å². The number of carboxylic acid groups (broad SMARTS) is 1. The van der Waals surface area contributed by atoms with E-state index in [0.717, 1.165) is 0 Å². The number of carboxylic acids is 1. The van der Waals surface area contributed by atoms with Gasteiger partial charge in [-0.2, -0.15) is 0 Å². The van der Waals surface area contributed by atoms with Gasteiger partial charge in [-0.25, -0.2) is 4.68 Å². The fraction of sp³-hybridized carbons (Fsp3) is 0.636. The number of nitrogens with zero attached hydrogens (tertiary/aromatic N) is 3. The molecule has 0 saturated heterocycles. The molecule has 106 valence electrons. The zero-order valence-electron chi connectivity index (χ0n) is 11.3. The molecule has 8 heteroatoms. The van der Waals surface area contributed by atoms with Gasteiger partial charge in [-0.15, -0.1) is 5.10 Å². The number of carbonyl (C=O) groups is 2. The van der Waals surface area contributed by atoms with Crippen molar-refractivity contribution in [1.82, 2.24) is 25.6 Å². The minimum atomic E-state index is -0.991. The summed E-state index contributed by atoms with van der Waals surface area (Å²) in [5, 5.41) is 21.7. The Kier molecular flexibility index (Phi) is 4.99. The number of hydrogen-bond acceptors (Lipinski definition) is 5. The highest BCUT2D eigenvalue weighted by Crippen LogP contribution is 1.97. The van der Waals surface area contributed by atoms with Crippen molar-refractivity contribution in [2.45, 2.75) is 39.4 Å². The summed E-state index contributed by atoms with van der Waals surface area (Å²) < 4.78 is 1.21. The summed E-state index contributed by atoms with van der Waals surface area (Å²) in [7, 11) is 0. The predicted octanol–water partition coefficient (Wildman–Crippen LogP) is -0.633. The van der Waals surface area contributed by atoms with Crippen LogP contribution in [0.3, 0.4) is 0 Å². The van der Waals surface area contributed by atoms with Gasteiger partial charge in [-0.1, -0.05) is 5.21 Å². The molecular weight excluding hydrogens is 250 g/mol. The first-order valence-electron chi connectivity index (χ1n) is 5.89. The Bertz CT molecular complexity index is 449. The highest BCUT2D eigenvalue weighted by Gasteiger charge is 2.11. The summed E-state index contributed by atoms with van der Waals surface area (Å²) in [6, 6.07) is 0. The summed E-state index contributed by atoms with van der Waals surface area (Å²) in [6.07, 6.45) is 1.49. The third-order valence-corrected chi connectivity index (χ3v) is 2.13. The molecule has 0 saturated carbocycles. The van der Waals surface area contributed by atoms with E-state index in [2.05, 4.69) is 20.9 Å². The SMILES string of the molecule is CC(C)(C)NCC(=O)NCc1cn(CC(=O)O)nn1. The number of hydrogen-bond donors (Lipinski definition) is 3. The topological polar surface area (TPSA) is 109 Å². The van der Waals surface area contributed by atoms with Gasteiger partial charge in [0.1, 0.15) is 12.2 Å². The van der Waals surface area contributed by atoms with E-state index in [1.54, 1.807) is 0 Å². The van der Waals surface area contributed by atoms with Gasteiger partial charge in [0, 0.05) is 5.54 Å². The molecule has 0 spiro atoms. The first-order chi connectivity index (χ1) is 8.76. The Balaban J connectivity index is 2.34. The number of nitrogens with one attached hydrogen (secondary N) is 2. The number of rotatable bonds is 6. The quantitative estimate of drug-likeness (QED) is 0.634. The second-order valence-corrected chi connectivity index (χ2v) is 5.18. The Morgan fingerprint density at radius 3 is 2.68 bits per heavy atom. The number of amides is 1. The van der Waals surface area contributed by atoms with Crippen LogP contribution in [0.1, 0.15) is 26.5 Å². The van der Waals surface area contributed by atoms with Crippen molar-refractivity contribution in [3.63, 3.8) is 0 Å². The van der Waals surface area contributed by atoms with Crippen LogP contribution in [0.25, 0.3) is 0 Å². The van der Waals surface area contributed by atoms with E-state index in [1.165, 1.54) is 10.9 Å². The van der Waals surface area contributed by atoms with Crippen LogP contribution in [0, 0.1) is 0 Å². The van der Waals surface area contributed by atoms with Gasteiger partial charge < -0.3 is 15.7 Å². The average Bonchev–Trinajstić information content (AvgIpc) is 2.69. The lowest BCUT2D eigenvalue weighted by Gasteiger charge is -2.19. The van der Waals surface area contributed by atoms with Crippen LogP contribution >= 0.6 is 0 Å². The van der Waals surface area contributed by atoms with Gasteiger partial charge in [0.05, 0.1) is 19.3 Å². The van der Waals surface area contributed by atoms with Crippen LogP contribution in [0.2, 0.25) is 0 Å². The minimum Gasteiger partial charge on any atom is -0.480 e. The van der Waals surface area contributed by atoms with Crippen molar-refractivity contribution in [2.75, 3.05) is 6.54 Å². The maximum absolute atomic E-state index is 11.5. The highest BCUT2D eigenvalue weighted by atomic mass is 16.4. The standard InChI is InChI=1S/C11H19N5O3/c1-11(2,3)13-5-9(17)12-4-8-6-16(15-14-8)7-10(18)19/h6,13H,4-5,7H2,1-3H3,(H,12,17)(H,18,19). The first kappa shape index (κ1) is 15.1. The molecule has 0 aliphatic heterocycles. The van der Waals surface area contributed by atoms with Crippen molar-refractivity contribution in [2.24, 2.45) is 0 Å². The molecule has 1 aromatic heterocycles. The van der Waals surface area contributed by atoms with Crippen LogP contribution in [-0.4, -0.2) is 44.1 Å². The molecule has 0 aliphatic carbocycles. The smallest absolute Gasteiger partial charge is 0.325 e. The van der Waals surface area contributed by atoms with Gasteiger partial charge in [0.2, 0.25) is 5.91 Å². The van der Waals surface area contributed by atoms with Crippen LogP contribution in [0.15, 0.2) is 6.20 Å². The van der Waals surface area contributed by atoms with Crippen molar-refractivity contribution in [3.8, 4) is 0 Å². The third-order valence-electron chi connectivity index (χ3n) is 2.13. The van der Waals surface area contributed by atoms with Gasteiger partial charge >= 0.3 is 5.97 Å². The molecule has 0 aliphatic rings. The molecular formula is C11H19N5O3. The largest absolute Gasteiger partial charge is 0.480 e. The van der Waals surface area contributed by atoms with E-state index in [9.17, 15) is 9.59 Å². The van der Waals surface area contributed by atoms with Crippen molar-refractivity contribution >= 4 is 11.9 Å². The molecule has 0 radical (unpaired) electrons. The molecule has 1 aromatic rings. The lowest BCUT2D eigenvalue weighted by Crippen LogP contribution is -2.43. The second kappa shape index (κ2) is 6.28. The molecule has 0 bridgehead atoms. The summed E-state index contributed by atoms with van der Waals surface area (Å²) in [5.41, 5.74) is 0.396. The Morgan fingerprint density at radius 1 is 1.42 bits per heavy atom. The summed E-state index contributed by atoms with van der Waals surface area (Å²) in [6.45, 7) is 6.11. The Hall–Kier alpha value is -1.96. The maximum atomic E-state index is 11.5. The molecule has 1 amide bonds. The van der Waals surface area contributed by atoms with E-state index < -0.39 is 5.97 Å². The Morgan fingerprint density at radius 2 is 2.11 bits per heavy atom. The molecule has 0 aromatic carbocycles. The van der Waals surface area contributed by atoms with Gasteiger partial charge in [0.15, 0.2) is 0 Å². The second-order valence-electron chi connectivity index (χ2n) is 5.18. The maximum Gasteiger partial charge on any atom is 0.325 e. The van der Waals surface area contributed by atoms with Crippen LogP contribution in [0.4, 0.5) is 0 Å². The van der Waals surface area contributed by atoms with E-state index in [-0.39, 0.29) is 31.1 Å². The van der Waals surface area contributed by atoms with Gasteiger partial charge in [-0.3, -0.25) is 9.59 Å². The lowest BCUT2D eigenvalue weighted by atomic mass is 10.1. The molecule has 19 heavy (non-hydrogen) atoms. The van der Waals surface area contributed by atoms with E-state index in [4.69, 9.17) is 5.11 Å². The van der Waals surface area contributed by atoms with E-state index >= 15 is 0 Å². The molecule has 8 nitrogen and oxygen atoms in total. The Labute approximate surface area is 111 Å². The van der Waals surface area contributed by atoms with E-state index in [0.29, 0.717) is 5.69 Å². The van der Waals surface area contributed by atoms with Gasteiger partial charge in [-0.05, 0) is 20.8 Å². The molecule has 3 N–H and O–H groups in total. The summed E-state index contributed by atoms with van der Waals surface area (Å²) >= 11 is 0. The lowest BCUT2D eigenvalue weighted by molar-refractivity contribution is -0.138. The molecule has 0 unspecified atom stereocenters. The fourth-order valence-corrected chi connectivity index (χ4v) is 1.23. The highest BCUT2D eigenvalue weighted by molar-refractivity contribution is 5.78. The fourth-order valence-electron chi connectivity index (χ4n) is 1.23. The van der Waals surface area contributed by atoms with Crippen molar-refractivity contribution in [3.05, 3.63) is 11.9 Å². The number of carbonyl (C=O) groups excluding carboxylic acids is 1. The third kappa shape index (κ3) is 6.51.